The number of aromatic nitrogens is 1. The topological polar surface area (TPSA) is 48.1 Å². The van der Waals surface area contributed by atoms with Crippen LogP contribution in [0.1, 0.15) is 37.5 Å². The van der Waals surface area contributed by atoms with Gasteiger partial charge in [0, 0.05) is 23.9 Å². The first kappa shape index (κ1) is 15.4. The molecule has 4 heteroatoms. The third-order valence-corrected chi connectivity index (χ3v) is 3.31. The van der Waals surface area contributed by atoms with Crippen molar-refractivity contribution < 1.29 is 9.13 Å². The van der Waals surface area contributed by atoms with Crippen molar-refractivity contribution in [2.75, 3.05) is 0 Å². The SMILES string of the molecule is Cc1ccc(Oc2nccc(CN)c2F)c(C(C)(C)C)c1. The van der Waals surface area contributed by atoms with E-state index in [1.54, 1.807) is 6.07 Å². The van der Waals surface area contributed by atoms with E-state index in [1.807, 2.05) is 19.1 Å². The normalized spacial score (nSPS) is 11.5. The third-order valence-electron chi connectivity index (χ3n) is 3.31. The highest BCUT2D eigenvalue weighted by Crippen LogP contribution is 2.35. The van der Waals surface area contributed by atoms with Gasteiger partial charge in [0.1, 0.15) is 5.75 Å². The first-order valence-electron chi connectivity index (χ1n) is 6.95. The van der Waals surface area contributed by atoms with Crippen molar-refractivity contribution in [2.24, 2.45) is 5.73 Å². The van der Waals surface area contributed by atoms with Gasteiger partial charge in [0.05, 0.1) is 0 Å². The molecule has 0 atom stereocenters. The maximum Gasteiger partial charge on any atom is 0.256 e. The minimum Gasteiger partial charge on any atom is -0.436 e. The summed E-state index contributed by atoms with van der Waals surface area (Å²) in [6.45, 7) is 8.41. The smallest absolute Gasteiger partial charge is 0.256 e. The summed E-state index contributed by atoms with van der Waals surface area (Å²) < 4.78 is 19.9. The molecule has 21 heavy (non-hydrogen) atoms. The predicted molar refractivity (Wildman–Crippen MR) is 82.0 cm³/mol. The lowest BCUT2D eigenvalue weighted by molar-refractivity contribution is 0.405. The van der Waals surface area contributed by atoms with Crippen molar-refractivity contribution in [3.8, 4) is 11.6 Å². The number of rotatable bonds is 3. The van der Waals surface area contributed by atoms with Gasteiger partial charge in [-0.1, -0.05) is 38.5 Å². The van der Waals surface area contributed by atoms with Gasteiger partial charge in [-0.2, -0.15) is 0 Å². The highest BCUT2D eigenvalue weighted by Gasteiger charge is 2.21. The predicted octanol–water partition coefficient (Wildman–Crippen LogP) is 4.08. The molecule has 0 saturated carbocycles. The lowest BCUT2D eigenvalue weighted by Gasteiger charge is -2.23. The number of pyridine rings is 1. The van der Waals surface area contributed by atoms with Crippen LogP contribution < -0.4 is 10.5 Å². The Bertz CT molecular complexity index is 648. The van der Waals surface area contributed by atoms with Crippen molar-refractivity contribution >= 4 is 0 Å². The molecule has 2 N–H and O–H groups in total. The number of hydrogen-bond acceptors (Lipinski definition) is 3. The molecule has 1 aromatic carbocycles. The Balaban J connectivity index is 2.45. The van der Waals surface area contributed by atoms with Gasteiger partial charge in [0.15, 0.2) is 5.82 Å². The van der Waals surface area contributed by atoms with Crippen LogP contribution in [0.5, 0.6) is 11.6 Å². The summed E-state index contributed by atoms with van der Waals surface area (Å²) in [4.78, 5) is 3.97. The lowest BCUT2D eigenvalue weighted by Crippen LogP contribution is -2.13. The van der Waals surface area contributed by atoms with Gasteiger partial charge in [0.2, 0.25) is 0 Å². The van der Waals surface area contributed by atoms with Gasteiger partial charge in [-0.3, -0.25) is 0 Å². The van der Waals surface area contributed by atoms with Gasteiger partial charge < -0.3 is 10.5 Å². The van der Waals surface area contributed by atoms with Crippen LogP contribution in [-0.2, 0) is 12.0 Å². The monoisotopic (exact) mass is 288 g/mol. The molecule has 2 rings (SSSR count). The maximum absolute atomic E-state index is 14.2. The standard InChI is InChI=1S/C17H21FN2O/c1-11-5-6-14(13(9-11)17(2,3)4)21-16-15(18)12(10-19)7-8-20-16/h5-9H,10,19H2,1-4H3. The average Bonchev–Trinajstić information content (AvgIpc) is 2.42. The molecule has 0 bridgehead atoms. The van der Waals surface area contributed by atoms with Crippen LogP contribution in [0.3, 0.4) is 0 Å². The Morgan fingerprint density at radius 2 is 1.95 bits per heavy atom. The number of hydrogen-bond donors (Lipinski definition) is 1. The molecule has 1 aromatic heterocycles. The minimum atomic E-state index is -0.500. The summed E-state index contributed by atoms with van der Waals surface area (Å²) in [5.74, 6) is 0.0846. The van der Waals surface area contributed by atoms with Gasteiger partial charge in [-0.05, 0) is 24.5 Å². The molecule has 3 nitrogen and oxygen atoms in total. The van der Waals surface area contributed by atoms with E-state index >= 15 is 0 Å². The van der Waals surface area contributed by atoms with Crippen LogP contribution >= 0.6 is 0 Å². The van der Waals surface area contributed by atoms with E-state index in [-0.39, 0.29) is 17.8 Å². The second-order valence-corrected chi connectivity index (χ2v) is 6.15. The molecule has 0 aliphatic rings. The number of benzene rings is 1. The first-order chi connectivity index (χ1) is 9.82. The van der Waals surface area contributed by atoms with Gasteiger partial charge in [0.25, 0.3) is 5.88 Å². The summed E-state index contributed by atoms with van der Waals surface area (Å²) in [6, 6.07) is 7.41. The highest BCUT2D eigenvalue weighted by atomic mass is 19.1. The van der Waals surface area contributed by atoms with Crippen molar-refractivity contribution in [3.05, 3.63) is 53.0 Å². The largest absolute Gasteiger partial charge is 0.436 e. The molecule has 0 aliphatic heterocycles. The number of nitrogens with zero attached hydrogens (tertiary/aromatic N) is 1. The van der Waals surface area contributed by atoms with E-state index in [9.17, 15) is 4.39 Å². The molecule has 0 spiro atoms. The molecule has 0 fully saturated rings. The number of halogens is 1. The maximum atomic E-state index is 14.2. The second-order valence-electron chi connectivity index (χ2n) is 6.15. The summed E-state index contributed by atoms with van der Waals surface area (Å²) >= 11 is 0. The molecule has 2 aromatic rings. The van der Waals surface area contributed by atoms with Gasteiger partial charge >= 0.3 is 0 Å². The van der Waals surface area contributed by atoms with Crippen molar-refractivity contribution in [1.82, 2.24) is 4.98 Å². The zero-order chi connectivity index (χ0) is 15.6. The van der Waals surface area contributed by atoms with E-state index < -0.39 is 5.82 Å². The van der Waals surface area contributed by atoms with E-state index in [1.165, 1.54) is 6.20 Å². The first-order valence-corrected chi connectivity index (χ1v) is 6.95. The van der Waals surface area contributed by atoms with Crippen molar-refractivity contribution in [1.29, 1.82) is 0 Å². The number of ether oxygens (including phenoxy) is 1. The van der Waals surface area contributed by atoms with Crippen molar-refractivity contribution in [2.45, 2.75) is 39.7 Å². The Morgan fingerprint density at radius 3 is 2.57 bits per heavy atom. The van der Waals surface area contributed by atoms with Crippen LogP contribution in [0.25, 0.3) is 0 Å². The fourth-order valence-electron chi connectivity index (χ4n) is 2.11. The zero-order valence-electron chi connectivity index (χ0n) is 12.9. The molecule has 0 radical (unpaired) electrons. The van der Waals surface area contributed by atoms with E-state index in [0.717, 1.165) is 11.1 Å². The van der Waals surface area contributed by atoms with Gasteiger partial charge in [-0.15, -0.1) is 0 Å². The van der Waals surface area contributed by atoms with Gasteiger partial charge in [-0.25, -0.2) is 9.37 Å². The fourth-order valence-corrected chi connectivity index (χ4v) is 2.11. The average molecular weight is 288 g/mol. The second kappa shape index (κ2) is 5.82. The number of nitrogens with two attached hydrogens (primary N) is 1. The Labute approximate surface area is 125 Å². The lowest BCUT2D eigenvalue weighted by atomic mass is 9.85. The summed E-state index contributed by atoms with van der Waals surface area (Å²) in [5, 5.41) is 0. The fraction of sp³-hybridized carbons (Fsp3) is 0.353. The summed E-state index contributed by atoms with van der Waals surface area (Å²) in [7, 11) is 0. The van der Waals surface area contributed by atoms with E-state index in [0.29, 0.717) is 11.3 Å². The summed E-state index contributed by atoms with van der Waals surface area (Å²) in [6.07, 6.45) is 1.51. The van der Waals surface area contributed by atoms with Crippen LogP contribution in [-0.4, -0.2) is 4.98 Å². The Hall–Kier alpha value is -1.94. The molecule has 112 valence electrons. The molecule has 0 saturated heterocycles. The number of aryl methyl sites for hydroxylation is 1. The molecular formula is C17H21FN2O. The van der Waals surface area contributed by atoms with Crippen LogP contribution in [0, 0.1) is 12.7 Å². The van der Waals surface area contributed by atoms with Crippen LogP contribution in [0.2, 0.25) is 0 Å². The molecule has 0 aliphatic carbocycles. The van der Waals surface area contributed by atoms with Crippen LogP contribution in [0.15, 0.2) is 30.5 Å². The molecule has 1 heterocycles. The Morgan fingerprint density at radius 1 is 1.24 bits per heavy atom. The molecule has 0 unspecified atom stereocenters. The Kier molecular flexibility index (Phi) is 4.28. The molecule has 0 amide bonds. The third kappa shape index (κ3) is 3.39. The molecular weight excluding hydrogens is 267 g/mol. The highest BCUT2D eigenvalue weighted by molar-refractivity contribution is 5.43. The summed E-state index contributed by atoms with van der Waals surface area (Å²) in [5.41, 5.74) is 7.94. The van der Waals surface area contributed by atoms with E-state index in [4.69, 9.17) is 10.5 Å². The zero-order valence-corrected chi connectivity index (χ0v) is 12.9. The van der Waals surface area contributed by atoms with Crippen molar-refractivity contribution in [3.63, 3.8) is 0 Å². The van der Waals surface area contributed by atoms with Crippen LogP contribution in [0.4, 0.5) is 4.39 Å². The van der Waals surface area contributed by atoms with E-state index in [2.05, 4.69) is 31.8 Å². The minimum absolute atomic E-state index is 0.0349. The quantitative estimate of drug-likeness (QED) is 0.925.